The minimum Gasteiger partial charge on any atom is -0.208 e. The molecule has 0 saturated heterocycles. The van der Waals surface area contributed by atoms with Crippen LogP contribution in [0.2, 0.25) is 0 Å². The molecule has 1 aromatic rings. The molecule has 1 nitrogen and oxygen atoms in total. The summed E-state index contributed by atoms with van der Waals surface area (Å²) in [7, 11) is 0. The first-order valence-electron chi connectivity index (χ1n) is 3.13. The largest absolute Gasteiger partial charge is 1.00 e. The molecule has 0 unspecified atom stereocenters. The standard InChI is InChI=1S/C9H8N.Li/c1-8(7-10)9-5-3-2-4-6-9;/h2-6H,1H3;/q-1;+1. The molecule has 0 heterocycles. The van der Waals surface area contributed by atoms with Crippen LogP contribution in [0.25, 0.3) is 0 Å². The molecule has 0 aromatic heterocycles. The quantitative estimate of drug-likeness (QED) is 0.365. The maximum atomic E-state index is 8.50. The SMILES string of the molecule is C[C-](C#N)c1ccccc1.[Li+]. The fourth-order valence-electron chi connectivity index (χ4n) is 0.753. The third-order valence-electron chi connectivity index (χ3n) is 1.37. The monoisotopic (exact) mass is 137 g/mol. The van der Waals surface area contributed by atoms with Gasteiger partial charge in [-0.2, -0.15) is 17.7 Å². The summed E-state index contributed by atoms with van der Waals surface area (Å²) in [5, 5.41) is 8.50. The topological polar surface area (TPSA) is 23.8 Å². The van der Waals surface area contributed by atoms with Crippen molar-refractivity contribution in [3.63, 3.8) is 0 Å². The fourth-order valence-corrected chi connectivity index (χ4v) is 0.753. The van der Waals surface area contributed by atoms with E-state index < -0.39 is 0 Å². The molecule has 0 aliphatic carbocycles. The second-order valence-corrected chi connectivity index (χ2v) is 2.10. The zero-order valence-corrected chi connectivity index (χ0v) is 6.83. The molecule has 0 atom stereocenters. The minimum atomic E-state index is 0. The molecule has 0 amide bonds. The Hall–Kier alpha value is -0.823. The van der Waals surface area contributed by atoms with Crippen molar-refractivity contribution < 1.29 is 18.9 Å². The summed E-state index contributed by atoms with van der Waals surface area (Å²) in [5.41, 5.74) is 1.00. The second-order valence-electron chi connectivity index (χ2n) is 2.10. The zero-order valence-electron chi connectivity index (χ0n) is 6.83. The molecule has 0 aliphatic heterocycles. The first-order chi connectivity index (χ1) is 4.84. The molecule has 11 heavy (non-hydrogen) atoms. The van der Waals surface area contributed by atoms with Gasteiger partial charge in [-0.15, -0.1) is 12.1 Å². The molecule has 50 valence electrons. The maximum Gasteiger partial charge on any atom is 1.00 e. The Morgan fingerprint density at radius 2 is 1.82 bits per heavy atom. The summed E-state index contributed by atoms with van der Waals surface area (Å²) in [5.74, 6) is 0.764. The fraction of sp³-hybridized carbons (Fsp3) is 0.111. The Morgan fingerprint density at radius 3 is 2.27 bits per heavy atom. The van der Waals surface area contributed by atoms with E-state index >= 15 is 0 Å². The van der Waals surface area contributed by atoms with E-state index in [0.29, 0.717) is 0 Å². The van der Waals surface area contributed by atoms with Crippen molar-refractivity contribution in [3.8, 4) is 6.07 Å². The van der Waals surface area contributed by atoms with Crippen molar-refractivity contribution in [2.24, 2.45) is 0 Å². The van der Waals surface area contributed by atoms with Gasteiger partial charge in [0.2, 0.25) is 0 Å². The van der Waals surface area contributed by atoms with Crippen molar-refractivity contribution in [1.29, 1.82) is 5.26 Å². The molecule has 0 bridgehead atoms. The van der Waals surface area contributed by atoms with Crippen LogP contribution in [-0.2, 0) is 0 Å². The van der Waals surface area contributed by atoms with Crippen LogP contribution in [0.15, 0.2) is 30.3 Å². The van der Waals surface area contributed by atoms with Crippen molar-refractivity contribution in [2.45, 2.75) is 6.92 Å². The van der Waals surface area contributed by atoms with E-state index in [4.69, 9.17) is 5.26 Å². The Balaban J connectivity index is 0.000001000. The molecule has 0 saturated carbocycles. The average Bonchev–Trinajstić information content (AvgIpc) is 2.05. The van der Waals surface area contributed by atoms with Gasteiger partial charge in [0.25, 0.3) is 0 Å². The van der Waals surface area contributed by atoms with Crippen LogP contribution in [-0.4, -0.2) is 0 Å². The molecule has 0 spiro atoms. The smallest absolute Gasteiger partial charge is 0.208 e. The number of nitrogens with zero attached hydrogens (tertiary/aromatic N) is 1. The number of rotatable bonds is 1. The molecule has 2 heteroatoms. The second kappa shape index (κ2) is 4.91. The minimum absolute atomic E-state index is 0. The molecule has 0 fully saturated rings. The van der Waals surface area contributed by atoms with E-state index in [1.54, 1.807) is 0 Å². The van der Waals surface area contributed by atoms with Gasteiger partial charge in [0.15, 0.2) is 0 Å². The van der Waals surface area contributed by atoms with Gasteiger partial charge in [-0.1, -0.05) is 18.9 Å². The van der Waals surface area contributed by atoms with E-state index in [0.717, 1.165) is 11.5 Å². The van der Waals surface area contributed by atoms with Gasteiger partial charge in [0.05, 0.1) is 0 Å². The van der Waals surface area contributed by atoms with Crippen LogP contribution in [0.1, 0.15) is 12.5 Å². The number of hydrogen-bond donors (Lipinski definition) is 0. The summed E-state index contributed by atoms with van der Waals surface area (Å²) in [4.78, 5) is 0. The average molecular weight is 137 g/mol. The molecular weight excluding hydrogens is 129 g/mol. The third-order valence-corrected chi connectivity index (χ3v) is 1.37. The molecule has 1 aromatic carbocycles. The first-order valence-corrected chi connectivity index (χ1v) is 3.13. The van der Waals surface area contributed by atoms with Crippen molar-refractivity contribution in [2.75, 3.05) is 0 Å². The zero-order chi connectivity index (χ0) is 7.40. The Morgan fingerprint density at radius 1 is 1.27 bits per heavy atom. The molecule has 0 radical (unpaired) electrons. The van der Waals surface area contributed by atoms with Gasteiger partial charge in [0, 0.05) is 6.07 Å². The van der Waals surface area contributed by atoms with Crippen molar-refractivity contribution in [3.05, 3.63) is 41.8 Å². The van der Waals surface area contributed by atoms with E-state index in [1.807, 2.05) is 37.3 Å². The van der Waals surface area contributed by atoms with E-state index in [9.17, 15) is 0 Å². The van der Waals surface area contributed by atoms with Gasteiger partial charge in [0.1, 0.15) is 0 Å². The van der Waals surface area contributed by atoms with E-state index in [2.05, 4.69) is 6.07 Å². The number of nitriles is 1. The van der Waals surface area contributed by atoms with E-state index in [1.165, 1.54) is 0 Å². The Kier molecular flexibility index (Phi) is 4.54. The van der Waals surface area contributed by atoms with Crippen molar-refractivity contribution >= 4 is 0 Å². The van der Waals surface area contributed by atoms with Crippen LogP contribution < -0.4 is 18.9 Å². The summed E-state index contributed by atoms with van der Waals surface area (Å²) in [6.45, 7) is 1.81. The van der Waals surface area contributed by atoms with Crippen molar-refractivity contribution in [1.82, 2.24) is 0 Å². The Bertz CT molecular complexity index is 237. The van der Waals surface area contributed by atoms with Crippen LogP contribution in [0.5, 0.6) is 0 Å². The maximum absolute atomic E-state index is 8.50. The van der Waals surface area contributed by atoms with Crippen LogP contribution in [0.3, 0.4) is 0 Å². The van der Waals surface area contributed by atoms with Gasteiger partial charge < -0.3 is 0 Å². The molecule has 1 rings (SSSR count). The van der Waals surface area contributed by atoms with Gasteiger partial charge >= 0.3 is 18.9 Å². The normalized spacial score (nSPS) is 7.64. The summed E-state index contributed by atoms with van der Waals surface area (Å²) >= 11 is 0. The molecule has 0 aliphatic rings. The van der Waals surface area contributed by atoms with Gasteiger partial charge in [-0.3, -0.25) is 0 Å². The van der Waals surface area contributed by atoms with Crippen LogP contribution in [0, 0.1) is 17.2 Å². The third kappa shape index (κ3) is 2.72. The summed E-state index contributed by atoms with van der Waals surface area (Å²) in [6.07, 6.45) is 0. The number of hydrogen-bond acceptors (Lipinski definition) is 1. The predicted octanol–water partition coefficient (Wildman–Crippen LogP) is -0.843. The summed E-state index contributed by atoms with van der Waals surface area (Å²) < 4.78 is 0. The molecular formula is C9H8LiN. The first kappa shape index (κ1) is 10.2. The number of benzene rings is 1. The van der Waals surface area contributed by atoms with Crippen LogP contribution >= 0.6 is 0 Å². The van der Waals surface area contributed by atoms with Crippen LogP contribution in [0.4, 0.5) is 0 Å². The predicted molar refractivity (Wildman–Crippen MR) is 40.1 cm³/mol. The van der Waals surface area contributed by atoms with E-state index in [-0.39, 0.29) is 18.9 Å². The molecule has 0 N–H and O–H groups in total. The Labute approximate surface area is 79.2 Å². The van der Waals surface area contributed by atoms with Gasteiger partial charge in [-0.05, 0) is 0 Å². The summed E-state index contributed by atoms with van der Waals surface area (Å²) in [6, 6.07) is 11.7. The van der Waals surface area contributed by atoms with Gasteiger partial charge in [-0.25, -0.2) is 5.26 Å².